The second kappa shape index (κ2) is 6.14. The number of nitrogens with one attached hydrogen (secondary N) is 1. The number of hydrogen-bond donors (Lipinski definition) is 1. The summed E-state index contributed by atoms with van der Waals surface area (Å²) < 4.78 is 27.8. The lowest BCUT2D eigenvalue weighted by Crippen LogP contribution is -2.41. The summed E-state index contributed by atoms with van der Waals surface area (Å²) in [6.07, 6.45) is 0.776. The van der Waals surface area contributed by atoms with E-state index in [0.29, 0.717) is 6.54 Å². The van der Waals surface area contributed by atoms with Crippen LogP contribution in [0.4, 0.5) is 0 Å². The van der Waals surface area contributed by atoms with Crippen molar-refractivity contribution < 1.29 is 8.42 Å². The van der Waals surface area contributed by atoms with Crippen molar-refractivity contribution in [2.24, 2.45) is 0 Å². The van der Waals surface area contributed by atoms with Crippen LogP contribution >= 0.6 is 0 Å². The predicted octanol–water partition coefficient (Wildman–Crippen LogP) is 1.75. The molecule has 96 valence electrons. The SMILES string of the molecule is CC[C@H](C)NS(=O)(=O)N(C)Cc1ccccc1. The Hall–Kier alpha value is -0.910. The summed E-state index contributed by atoms with van der Waals surface area (Å²) in [6, 6.07) is 9.49. The van der Waals surface area contributed by atoms with Gasteiger partial charge >= 0.3 is 0 Å². The molecule has 0 aromatic heterocycles. The molecule has 0 spiro atoms. The van der Waals surface area contributed by atoms with Gasteiger partial charge in [0.15, 0.2) is 0 Å². The molecule has 0 bridgehead atoms. The molecule has 0 fully saturated rings. The van der Waals surface area contributed by atoms with Gasteiger partial charge in [0.25, 0.3) is 10.2 Å². The molecule has 0 aliphatic heterocycles. The first-order chi connectivity index (χ1) is 7.95. The molecule has 0 saturated carbocycles. The van der Waals surface area contributed by atoms with E-state index in [0.717, 1.165) is 12.0 Å². The smallest absolute Gasteiger partial charge is 0.199 e. The lowest BCUT2D eigenvalue weighted by Gasteiger charge is -2.20. The van der Waals surface area contributed by atoms with Crippen molar-refractivity contribution >= 4 is 10.2 Å². The summed E-state index contributed by atoms with van der Waals surface area (Å²) in [5.41, 5.74) is 0.976. The molecule has 1 aromatic carbocycles. The van der Waals surface area contributed by atoms with E-state index in [9.17, 15) is 8.42 Å². The Bertz CT molecular complexity index is 431. The standard InChI is InChI=1S/C12H20N2O2S/c1-4-11(2)13-17(15,16)14(3)10-12-8-6-5-7-9-12/h5-9,11,13H,4,10H2,1-3H3/t11-/m0/s1. The first-order valence-electron chi connectivity index (χ1n) is 5.73. The average Bonchev–Trinajstić information content (AvgIpc) is 2.29. The van der Waals surface area contributed by atoms with Crippen LogP contribution in [0.1, 0.15) is 25.8 Å². The Labute approximate surface area is 104 Å². The molecule has 1 atom stereocenters. The van der Waals surface area contributed by atoms with Crippen LogP contribution in [-0.4, -0.2) is 25.8 Å². The second-order valence-electron chi connectivity index (χ2n) is 4.17. The molecule has 0 aliphatic carbocycles. The fraction of sp³-hybridized carbons (Fsp3) is 0.500. The van der Waals surface area contributed by atoms with E-state index in [1.807, 2.05) is 44.2 Å². The van der Waals surface area contributed by atoms with Crippen LogP contribution in [0.5, 0.6) is 0 Å². The van der Waals surface area contributed by atoms with Crippen LogP contribution < -0.4 is 4.72 Å². The number of benzene rings is 1. The third-order valence-electron chi connectivity index (χ3n) is 2.62. The Balaban J connectivity index is 2.67. The summed E-state index contributed by atoms with van der Waals surface area (Å²) in [5, 5.41) is 0. The maximum Gasteiger partial charge on any atom is 0.279 e. The largest absolute Gasteiger partial charge is 0.279 e. The van der Waals surface area contributed by atoms with E-state index in [2.05, 4.69) is 4.72 Å². The minimum absolute atomic E-state index is 0.0433. The van der Waals surface area contributed by atoms with Gasteiger partial charge in [0.2, 0.25) is 0 Å². The first kappa shape index (κ1) is 14.2. The minimum Gasteiger partial charge on any atom is -0.199 e. The molecular formula is C12H20N2O2S. The van der Waals surface area contributed by atoms with E-state index < -0.39 is 10.2 Å². The van der Waals surface area contributed by atoms with E-state index >= 15 is 0 Å². The number of hydrogen-bond acceptors (Lipinski definition) is 2. The van der Waals surface area contributed by atoms with Crippen LogP contribution in [-0.2, 0) is 16.8 Å². The maximum atomic E-state index is 11.9. The fourth-order valence-corrected chi connectivity index (χ4v) is 2.53. The lowest BCUT2D eigenvalue weighted by molar-refractivity contribution is 0.444. The van der Waals surface area contributed by atoms with Gasteiger partial charge in [0.05, 0.1) is 0 Å². The lowest BCUT2D eigenvalue weighted by atomic mass is 10.2. The highest BCUT2D eigenvalue weighted by atomic mass is 32.2. The van der Waals surface area contributed by atoms with Crippen molar-refractivity contribution in [1.29, 1.82) is 0 Å². The summed E-state index contributed by atoms with van der Waals surface area (Å²) in [6.45, 7) is 4.19. The Kier molecular flexibility index (Phi) is 5.11. The van der Waals surface area contributed by atoms with Crippen LogP contribution in [0.15, 0.2) is 30.3 Å². The molecule has 1 N–H and O–H groups in total. The van der Waals surface area contributed by atoms with Gasteiger partial charge in [-0.3, -0.25) is 0 Å². The molecule has 1 rings (SSSR count). The van der Waals surface area contributed by atoms with Gasteiger partial charge in [-0.15, -0.1) is 0 Å². The molecule has 0 amide bonds. The van der Waals surface area contributed by atoms with Crippen LogP contribution in [0.25, 0.3) is 0 Å². The van der Waals surface area contributed by atoms with Crippen LogP contribution in [0.2, 0.25) is 0 Å². The monoisotopic (exact) mass is 256 g/mol. The Morgan fingerprint density at radius 3 is 2.41 bits per heavy atom. The van der Waals surface area contributed by atoms with E-state index in [1.165, 1.54) is 4.31 Å². The Morgan fingerprint density at radius 1 is 1.29 bits per heavy atom. The molecule has 4 nitrogen and oxygen atoms in total. The van der Waals surface area contributed by atoms with Gasteiger partial charge in [0, 0.05) is 19.6 Å². The predicted molar refractivity (Wildman–Crippen MR) is 69.7 cm³/mol. The van der Waals surface area contributed by atoms with E-state index in [4.69, 9.17) is 0 Å². The zero-order valence-electron chi connectivity index (χ0n) is 10.6. The number of rotatable bonds is 6. The topological polar surface area (TPSA) is 49.4 Å². The van der Waals surface area contributed by atoms with Gasteiger partial charge in [-0.2, -0.15) is 17.4 Å². The first-order valence-corrected chi connectivity index (χ1v) is 7.17. The van der Waals surface area contributed by atoms with Gasteiger partial charge in [0.1, 0.15) is 0 Å². The molecule has 0 saturated heterocycles. The van der Waals surface area contributed by atoms with E-state index in [1.54, 1.807) is 7.05 Å². The molecule has 1 aromatic rings. The van der Waals surface area contributed by atoms with Crippen molar-refractivity contribution in [3.8, 4) is 0 Å². The van der Waals surface area contributed by atoms with Crippen LogP contribution in [0.3, 0.4) is 0 Å². The van der Waals surface area contributed by atoms with Crippen molar-refractivity contribution in [3.63, 3.8) is 0 Å². The molecule has 0 unspecified atom stereocenters. The van der Waals surface area contributed by atoms with Gasteiger partial charge in [-0.05, 0) is 18.9 Å². The van der Waals surface area contributed by atoms with Crippen molar-refractivity contribution in [2.75, 3.05) is 7.05 Å². The fourth-order valence-electron chi connectivity index (χ4n) is 1.35. The highest BCUT2D eigenvalue weighted by Crippen LogP contribution is 2.06. The molecule has 0 heterocycles. The highest BCUT2D eigenvalue weighted by Gasteiger charge is 2.19. The van der Waals surface area contributed by atoms with Crippen molar-refractivity contribution in [1.82, 2.24) is 9.03 Å². The van der Waals surface area contributed by atoms with Crippen LogP contribution in [0, 0.1) is 0 Å². The zero-order chi connectivity index (χ0) is 12.9. The highest BCUT2D eigenvalue weighted by molar-refractivity contribution is 7.87. The third kappa shape index (κ3) is 4.46. The maximum absolute atomic E-state index is 11.9. The summed E-state index contributed by atoms with van der Waals surface area (Å²) >= 11 is 0. The Morgan fingerprint density at radius 2 is 1.88 bits per heavy atom. The third-order valence-corrected chi connectivity index (χ3v) is 4.27. The molecule has 17 heavy (non-hydrogen) atoms. The minimum atomic E-state index is -3.39. The molecular weight excluding hydrogens is 236 g/mol. The summed E-state index contributed by atoms with van der Waals surface area (Å²) in [4.78, 5) is 0. The zero-order valence-corrected chi connectivity index (χ0v) is 11.4. The van der Waals surface area contributed by atoms with Crippen molar-refractivity contribution in [2.45, 2.75) is 32.9 Å². The average molecular weight is 256 g/mol. The summed E-state index contributed by atoms with van der Waals surface area (Å²) in [5.74, 6) is 0. The summed E-state index contributed by atoms with van der Waals surface area (Å²) in [7, 11) is -1.81. The van der Waals surface area contributed by atoms with Crippen molar-refractivity contribution in [3.05, 3.63) is 35.9 Å². The molecule has 0 aliphatic rings. The van der Waals surface area contributed by atoms with Gasteiger partial charge in [-0.1, -0.05) is 37.3 Å². The molecule has 0 radical (unpaired) electrons. The van der Waals surface area contributed by atoms with Gasteiger partial charge < -0.3 is 0 Å². The second-order valence-corrected chi connectivity index (χ2v) is 5.98. The normalized spacial score (nSPS) is 13.9. The quantitative estimate of drug-likeness (QED) is 0.843. The number of nitrogens with zero attached hydrogens (tertiary/aromatic N) is 1. The molecule has 5 heteroatoms. The van der Waals surface area contributed by atoms with Gasteiger partial charge in [-0.25, -0.2) is 0 Å². The van der Waals surface area contributed by atoms with E-state index in [-0.39, 0.29) is 6.04 Å².